The highest BCUT2D eigenvalue weighted by Crippen LogP contribution is 2.13. The molecule has 0 radical (unpaired) electrons. The summed E-state index contributed by atoms with van der Waals surface area (Å²) in [5, 5.41) is 0. The first-order valence-electron chi connectivity index (χ1n) is 5.49. The number of nitrogens with zero attached hydrogens (tertiary/aromatic N) is 1. The maximum absolute atomic E-state index is 4.29. The van der Waals surface area contributed by atoms with Crippen molar-refractivity contribution >= 4 is 5.57 Å². The maximum atomic E-state index is 4.29. The summed E-state index contributed by atoms with van der Waals surface area (Å²) >= 11 is 0. The molecule has 0 spiro atoms. The zero-order valence-electron chi connectivity index (χ0n) is 9.43. The Labute approximate surface area is 86.5 Å². The molecule has 0 saturated heterocycles. The summed E-state index contributed by atoms with van der Waals surface area (Å²) in [5.74, 6) is 1.07. The van der Waals surface area contributed by atoms with Crippen LogP contribution in [0.1, 0.15) is 51.6 Å². The molecule has 1 N–H and O–H groups in total. The molecular formula is C12H20N2. The van der Waals surface area contributed by atoms with E-state index < -0.39 is 0 Å². The Balaban J connectivity index is 2.59. The standard InChI is InChI=1S/C12H20N2/c1-4-6-7-8-10(3)11-9-13-12(5-2)14-11/h8-9H,4-7H2,1-3H3,(H,13,14). The van der Waals surface area contributed by atoms with Crippen molar-refractivity contribution < 1.29 is 0 Å². The van der Waals surface area contributed by atoms with Crippen LogP contribution in [0.3, 0.4) is 0 Å². The van der Waals surface area contributed by atoms with E-state index >= 15 is 0 Å². The van der Waals surface area contributed by atoms with Crippen LogP contribution in [0.5, 0.6) is 0 Å². The van der Waals surface area contributed by atoms with Crippen molar-refractivity contribution in [1.82, 2.24) is 9.97 Å². The lowest BCUT2D eigenvalue weighted by molar-refractivity contribution is 0.815. The molecule has 14 heavy (non-hydrogen) atoms. The largest absolute Gasteiger partial charge is 0.342 e. The average Bonchev–Trinajstić information content (AvgIpc) is 2.66. The van der Waals surface area contributed by atoms with Gasteiger partial charge in [0.15, 0.2) is 0 Å². The average molecular weight is 192 g/mol. The van der Waals surface area contributed by atoms with E-state index in [0.29, 0.717) is 0 Å². The van der Waals surface area contributed by atoms with Crippen LogP contribution in [0.15, 0.2) is 12.3 Å². The highest BCUT2D eigenvalue weighted by atomic mass is 14.9. The number of nitrogens with one attached hydrogen (secondary N) is 1. The fourth-order valence-corrected chi connectivity index (χ4v) is 1.38. The number of rotatable bonds is 5. The summed E-state index contributed by atoms with van der Waals surface area (Å²) in [6, 6.07) is 0. The molecule has 1 aromatic rings. The second-order valence-electron chi connectivity index (χ2n) is 3.63. The van der Waals surface area contributed by atoms with E-state index in [4.69, 9.17) is 0 Å². The number of imidazole rings is 1. The highest BCUT2D eigenvalue weighted by molar-refractivity contribution is 5.59. The zero-order valence-corrected chi connectivity index (χ0v) is 9.43. The Morgan fingerprint density at radius 1 is 1.50 bits per heavy atom. The fraction of sp³-hybridized carbons (Fsp3) is 0.583. The monoisotopic (exact) mass is 192 g/mol. The van der Waals surface area contributed by atoms with Gasteiger partial charge in [0, 0.05) is 6.42 Å². The number of allylic oxidation sites excluding steroid dienone is 2. The summed E-state index contributed by atoms with van der Waals surface area (Å²) in [6.45, 7) is 6.47. The predicted octanol–water partition coefficient (Wildman–Crippen LogP) is 3.57. The van der Waals surface area contributed by atoms with Crippen molar-refractivity contribution in [3.8, 4) is 0 Å². The minimum Gasteiger partial charge on any atom is -0.342 e. The van der Waals surface area contributed by atoms with Crippen LogP contribution in [0, 0.1) is 0 Å². The van der Waals surface area contributed by atoms with Gasteiger partial charge in [0.05, 0.1) is 11.9 Å². The lowest BCUT2D eigenvalue weighted by Gasteiger charge is -1.96. The van der Waals surface area contributed by atoms with Crippen molar-refractivity contribution in [3.63, 3.8) is 0 Å². The summed E-state index contributed by atoms with van der Waals surface area (Å²) in [6.07, 6.45) is 8.89. The molecule has 0 aliphatic rings. The third-order valence-electron chi connectivity index (χ3n) is 2.40. The molecule has 0 amide bonds. The van der Waals surface area contributed by atoms with Gasteiger partial charge in [-0.2, -0.15) is 0 Å². The van der Waals surface area contributed by atoms with Crippen LogP contribution < -0.4 is 0 Å². The SMILES string of the molecule is CCCCC=C(C)c1cnc(CC)[nH]1. The number of H-pyrrole nitrogens is 1. The minimum absolute atomic E-state index is 0.974. The van der Waals surface area contributed by atoms with Crippen molar-refractivity contribution in [1.29, 1.82) is 0 Å². The maximum Gasteiger partial charge on any atom is 0.106 e. The van der Waals surface area contributed by atoms with Crippen molar-refractivity contribution in [2.75, 3.05) is 0 Å². The molecule has 0 fully saturated rings. The Kier molecular flexibility index (Phi) is 4.44. The molecule has 2 nitrogen and oxygen atoms in total. The Hall–Kier alpha value is -1.05. The number of hydrogen-bond acceptors (Lipinski definition) is 1. The van der Waals surface area contributed by atoms with Crippen LogP contribution in [-0.2, 0) is 6.42 Å². The van der Waals surface area contributed by atoms with Gasteiger partial charge in [-0.1, -0.05) is 32.8 Å². The summed E-state index contributed by atoms with van der Waals surface area (Å²) in [5.41, 5.74) is 2.48. The van der Waals surface area contributed by atoms with Gasteiger partial charge in [-0.3, -0.25) is 0 Å². The van der Waals surface area contributed by atoms with Gasteiger partial charge in [0.2, 0.25) is 0 Å². The minimum atomic E-state index is 0.974. The van der Waals surface area contributed by atoms with E-state index in [0.717, 1.165) is 17.9 Å². The van der Waals surface area contributed by atoms with Crippen molar-refractivity contribution in [3.05, 3.63) is 23.8 Å². The van der Waals surface area contributed by atoms with E-state index in [2.05, 4.69) is 36.8 Å². The zero-order chi connectivity index (χ0) is 10.4. The van der Waals surface area contributed by atoms with Gasteiger partial charge >= 0.3 is 0 Å². The van der Waals surface area contributed by atoms with Crippen LogP contribution in [-0.4, -0.2) is 9.97 Å². The van der Waals surface area contributed by atoms with Crippen LogP contribution in [0.2, 0.25) is 0 Å². The topological polar surface area (TPSA) is 28.7 Å². The molecule has 0 saturated carbocycles. The molecule has 0 aliphatic carbocycles. The van der Waals surface area contributed by atoms with E-state index in [1.165, 1.54) is 24.8 Å². The van der Waals surface area contributed by atoms with E-state index in [-0.39, 0.29) is 0 Å². The quantitative estimate of drug-likeness (QED) is 0.710. The number of aryl methyl sites for hydroxylation is 1. The third-order valence-corrected chi connectivity index (χ3v) is 2.40. The fourth-order valence-electron chi connectivity index (χ4n) is 1.38. The molecule has 1 rings (SSSR count). The number of aromatic amines is 1. The molecule has 0 atom stereocenters. The molecule has 0 aromatic carbocycles. The second kappa shape index (κ2) is 5.63. The Morgan fingerprint density at radius 3 is 2.86 bits per heavy atom. The summed E-state index contributed by atoms with van der Waals surface area (Å²) in [4.78, 5) is 7.60. The van der Waals surface area contributed by atoms with Crippen molar-refractivity contribution in [2.24, 2.45) is 0 Å². The van der Waals surface area contributed by atoms with Gasteiger partial charge in [-0.25, -0.2) is 4.98 Å². The van der Waals surface area contributed by atoms with Gasteiger partial charge in [-0.15, -0.1) is 0 Å². The third kappa shape index (κ3) is 3.02. The van der Waals surface area contributed by atoms with Gasteiger partial charge in [0.25, 0.3) is 0 Å². The van der Waals surface area contributed by atoms with Crippen LogP contribution in [0.4, 0.5) is 0 Å². The van der Waals surface area contributed by atoms with Gasteiger partial charge < -0.3 is 4.98 Å². The Morgan fingerprint density at radius 2 is 2.29 bits per heavy atom. The summed E-state index contributed by atoms with van der Waals surface area (Å²) < 4.78 is 0. The van der Waals surface area contributed by atoms with Crippen molar-refractivity contribution in [2.45, 2.75) is 46.5 Å². The van der Waals surface area contributed by atoms with E-state index in [1.54, 1.807) is 0 Å². The molecule has 1 heterocycles. The number of unbranched alkanes of at least 4 members (excludes halogenated alkanes) is 2. The van der Waals surface area contributed by atoms with Crippen LogP contribution >= 0.6 is 0 Å². The first kappa shape index (κ1) is 11.0. The highest BCUT2D eigenvalue weighted by Gasteiger charge is 1.99. The normalized spacial score (nSPS) is 12.1. The van der Waals surface area contributed by atoms with E-state index in [9.17, 15) is 0 Å². The van der Waals surface area contributed by atoms with Gasteiger partial charge in [0.1, 0.15) is 5.82 Å². The molecule has 1 aromatic heterocycles. The molecule has 0 aliphatic heterocycles. The first-order valence-corrected chi connectivity index (χ1v) is 5.49. The molecule has 0 bridgehead atoms. The molecule has 0 unspecified atom stereocenters. The first-order chi connectivity index (χ1) is 6.77. The molecular weight excluding hydrogens is 172 g/mol. The van der Waals surface area contributed by atoms with Crippen LogP contribution in [0.25, 0.3) is 5.57 Å². The number of aromatic nitrogens is 2. The number of hydrogen-bond donors (Lipinski definition) is 1. The smallest absolute Gasteiger partial charge is 0.106 e. The van der Waals surface area contributed by atoms with E-state index in [1.807, 2.05) is 6.20 Å². The summed E-state index contributed by atoms with van der Waals surface area (Å²) in [7, 11) is 0. The lowest BCUT2D eigenvalue weighted by atomic mass is 10.1. The second-order valence-corrected chi connectivity index (χ2v) is 3.63. The molecule has 78 valence electrons. The van der Waals surface area contributed by atoms with Gasteiger partial charge in [-0.05, 0) is 18.9 Å². The molecule has 2 heteroatoms. The predicted molar refractivity (Wildman–Crippen MR) is 61.1 cm³/mol. The lowest BCUT2D eigenvalue weighted by Crippen LogP contribution is -1.83. The Bertz CT molecular complexity index is 297.